The van der Waals surface area contributed by atoms with Gasteiger partial charge in [0.1, 0.15) is 17.4 Å². The largest absolute Gasteiger partial charge is 0.496 e. The first-order valence-electron chi connectivity index (χ1n) is 9.23. The number of benzene rings is 1. The third-order valence-electron chi connectivity index (χ3n) is 5.19. The van der Waals surface area contributed by atoms with Crippen LogP contribution in [0.1, 0.15) is 54.6 Å². The Bertz CT molecular complexity index is 738. The van der Waals surface area contributed by atoms with Crippen LogP contribution in [-0.4, -0.2) is 29.7 Å². The number of nitrogens with zero attached hydrogens (tertiary/aromatic N) is 2. The molecule has 0 atom stereocenters. The van der Waals surface area contributed by atoms with Crippen LogP contribution in [0.3, 0.4) is 0 Å². The normalized spacial score (nSPS) is 22.3. The molecule has 2 aliphatic carbocycles. The average Bonchev–Trinajstić information content (AvgIpc) is 3.44. The summed E-state index contributed by atoms with van der Waals surface area (Å²) in [5, 5.41) is 3.48. The van der Waals surface area contributed by atoms with Crippen LogP contribution >= 0.6 is 0 Å². The van der Waals surface area contributed by atoms with Gasteiger partial charge in [-0.25, -0.2) is 9.97 Å². The lowest BCUT2D eigenvalue weighted by molar-refractivity contribution is 0.344. The van der Waals surface area contributed by atoms with Crippen molar-refractivity contribution in [1.82, 2.24) is 9.97 Å². The molecule has 2 saturated carbocycles. The second-order valence-corrected chi connectivity index (χ2v) is 7.23. The molecule has 4 rings (SSSR count). The molecule has 5 nitrogen and oxygen atoms in total. The summed E-state index contributed by atoms with van der Waals surface area (Å²) in [5.74, 6) is 3.96. The molecule has 0 amide bonds. The van der Waals surface area contributed by atoms with Gasteiger partial charge in [0.15, 0.2) is 0 Å². The molecule has 1 aromatic heterocycles. The third-order valence-corrected chi connectivity index (χ3v) is 5.19. The lowest BCUT2D eigenvalue weighted by Crippen LogP contribution is -2.35. The van der Waals surface area contributed by atoms with Crippen molar-refractivity contribution in [2.45, 2.75) is 50.0 Å². The van der Waals surface area contributed by atoms with Gasteiger partial charge in [0.05, 0.1) is 7.11 Å². The smallest absolute Gasteiger partial charge is 0.134 e. The molecule has 132 valence electrons. The number of nitrogens with one attached hydrogen (secondary N) is 1. The molecule has 0 aliphatic heterocycles. The number of rotatable bonds is 7. The minimum atomic E-state index is 0.339. The number of nitrogens with two attached hydrogens (primary N) is 1. The fraction of sp³-hybridized carbons (Fsp3) is 0.500. The molecule has 0 saturated heterocycles. The zero-order valence-electron chi connectivity index (χ0n) is 14.7. The second-order valence-electron chi connectivity index (χ2n) is 7.23. The zero-order chi connectivity index (χ0) is 17.2. The van der Waals surface area contributed by atoms with Gasteiger partial charge in [0.2, 0.25) is 0 Å². The van der Waals surface area contributed by atoms with Crippen molar-refractivity contribution < 1.29 is 4.74 Å². The minimum Gasteiger partial charge on any atom is -0.496 e. The first-order chi connectivity index (χ1) is 12.2. The van der Waals surface area contributed by atoms with Gasteiger partial charge in [0.25, 0.3) is 0 Å². The van der Waals surface area contributed by atoms with Gasteiger partial charge in [-0.15, -0.1) is 0 Å². The van der Waals surface area contributed by atoms with Crippen molar-refractivity contribution in [3.05, 3.63) is 47.4 Å². The third kappa shape index (κ3) is 3.76. The van der Waals surface area contributed by atoms with E-state index in [1.165, 1.54) is 24.1 Å². The summed E-state index contributed by atoms with van der Waals surface area (Å²) >= 11 is 0. The molecule has 1 heterocycles. The number of hydrogen-bond donors (Lipinski definition) is 2. The van der Waals surface area contributed by atoms with E-state index < -0.39 is 0 Å². The fourth-order valence-corrected chi connectivity index (χ4v) is 3.45. The van der Waals surface area contributed by atoms with Gasteiger partial charge in [-0.05, 0) is 43.7 Å². The highest BCUT2D eigenvalue weighted by Crippen LogP contribution is 2.41. The number of para-hydroxylation sites is 1. The lowest BCUT2D eigenvalue weighted by atomic mass is 9.78. The van der Waals surface area contributed by atoms with Crippen molar-refractivity contribution in [2.24, 2.45) is 5.73 Å². The van der Waals surface area contributed by atoms with Crippen LogP contribution in [0.15, 0.2) is 30.3 Å². The van der Waals surface area contributed by atoms with Gasteiger partial charge in [-0.2, -0.15) is 0 Å². The first-order valence-corrected chi connectivity index (χ1v) is 9.23. The molecule has 5 heteroatoms. The summed E-state index contributed by atoms with van der Waals surface area (Å²) in [6.07, 6.45) is 5.42. The molecular weight excluding hydrogens is 312 g/mol. The van der Waals surface area contributed by atoms with Crippen molar-refractivity contribution in [3.63, 3.8) is 0 Å². The van der Waals surface area contributed by atoms with E-state index in [2.05, 4.69) is 17.4 Å². The Balaban J connectivity index is 1.44. The maximum atomic E-state index is 5.96. The highest BCUT2D eigenvalue weighted by Gasteiger charge is 2.32. The minimum absolute atomic E-state index is 0.339. The summed E-state index contributed by atoms with van der Waals surface area (Å²) in [4.78, 5) is 9.56. The Morgan fingerprint density at radius 3 is 2.68 bits per heavy atom. The monoisotopic (exact) mass is 338 g/mol. The molecule has 0 spiro atoms. The van der Waals surface area contributed by atoms with Crippen molar-refractivity contribution in [2.75, 3.05) is 19.0 Å². The Hall–Kier alpha value is -2.14. The van der Waals surface area contributed by atoms with Crippen LogP contribution in [-0.2, 0) is 6.42 Å². The number of anilines is 1. The summed E-state index contributed by atoms with van der Waals surface area (Å²) in [7, 11) is 1.72. The molecule has 0 bridgehead atoms. The number of hydrogen-bond acceptors (Lipinski definition) is 5. The SMILES string of the molecule is COc1ccccc1CCNc1cc(C2CC(N)C2)nc(C2CC2)n1. The average molecular weight is 338 g/mol. The Morgan fingerprint density at radius 2 is 1.96 bits per heavy atom. The van der Waals surface area contributed by atoms with E-state index in [0.29, 0.717) is 17.9 Å². The van der Waals surface area contributed by atoms with E-state index in [9.17, 15) is 0 Å². The van der Waals surface area contributed by atoms with Crippen LogP contribution in [0.4, 0.5) is 5.82 Å². The van der Waals surface area contributed by atoms with Gasteiger partial charge < -0.3 is 15.8 Å². The van der Waals surface area contributed by atoms with E-state index in [4.69, 9.17) is 20.4 Å². The van der Waals surface area contributed by atoms with Crippen LogP contribution in [0.25, 0.3) is 0 Å². The van der Waals surface area contributed by atoms with Gasteiger partial charge in [0, 0.05) is 36.2 Å². The molecule has 2 fully saturated rings. The summed E-state index contributed by atoms with van der Waals surface area (Å²) < 4.78 is 5.42. The number of ether oxygens (including phenoxy) is 1. The molecule has 0 unspecified atom stereocenters. The molecular formula is C20H26N4O. The van der Waals surface area contributed by atoms with E-state index in [0.717, 1.165) is 43.2 Å². The Morgan fingerprint density at radius 1 is 1.16 bits per heavy atom. The van der Waals surface area contributed by atoms with Gasteiger partial charge in [-0.3, -0.25) is 0 Å². The van der Waals surface area contributed by atoms with Crippen LogP contribution in [0.2, 0.25) is 0 Å². The summed E-state index contributed by atoms with van der Waals surface area (Å²) in [5.41, 5.74) is 8.33. The molecule has 3 N–H and O–H groups in total. The summed E-state index contributed by atoms with van der Waals surface area (Å²) in [6.45, 7) is 0.825. The van der Waals surface area contributed by atoms with Crippen molar-refractivity contribution >= 4 is 5.82 Å². The van der Waals surface area contributed by atoms with Crippen LogP contribution < -0.4 is 15.8 Å². The van der Waals surface area contributed by atoms with E-state index in [1.807, 2.05) is 18.2 Å². The molecule has 0 radical (unpaired) electrons. The predicted octanol–water partition coefficient (Wildman–Crippen LogP) is 3.22. The zero-order valence-corrected chi connectivity index (χ0v) is 14.7. The van der Waals surface area contributed by atoms with E-state index in [1.54, 1.807) is 7.11 Å². The summed E-state index contributed by atoms with van der Waals surface area (Å²) in [6, 6.07) is 10.6. The van der Waals surface area contributed by atoms with Gasteiger partial charge >= 0.3 is 0 Å². The van der Waals surface area contributed by atoms with E-state index >= 15 is 0 Å². The highest BCUT2D eigenvalue weighted by molar-refractivity contribution is 5.40. The van der Waals surface area contributed by atoms with Crippen LogP contribution in [0, 0.1) is 0 Å². The number of aromatic nitrogens is 2. The maximum Gasteiger partial charge on any atom is 0.134 e. The molecule has 2 aromatic rings. The first kappa shape index (κ1) is 16.3. The Kier molecular flexibility index (Phi) is 4.57. The quantitative estimate of drug-likeness (QED) is 0.811. The van der Waals surface area contributed by atoms with Crippen LogP contribution in [0.5, 0.6) is 5.75 Å². The lowest BCUT2D eigenvalue weighted by Gasteiger charge is -2.32. The Labute approximate surface area is 149 Å². The van der Waals surface area contributed by atoms with Crippen molar-refractivity contribution in [1.29, 1.82) is 0 Å². The highest BCUT2D eigenvalue weighted by atomic mass is 16.5. The standard InChI is InChI=1S/C20H26N4O/c1-25-18-5-3-2-4-13(18)8-9-22-19-12-17(15-10-16(21)11-15)23-20(24-19)14-6-7-14/h2-5,12,14-16H,6-11,21H2,1H3,(H,22,23,24). The predicted molar refractivity (Wildman–Crippen MR) is 99.1 cm³/mol. The maximum absolute atomic E-state index is 5.96. The van der Waals surface area contributed by atoms with E-state index in [-0.39, 0.29) is 0 Å². The molecule has 25 heavy (non-hydrogen) atoms. The van der Waals surface area contributed by atoms with Crippen molar-refractivity contribution in [3.8, 4) is 5.75 Å². The second kappa shape index (κ2) is 7.00. The van der Waals surface area contributed by atoms with Gasteiger partial charge in [-0.1, -0.05) is 18.2 Å². The fourth-order valence-electron chi connectivity index (χ4n) is 3.45. The number of methoxy groups -OCH3 is 1. The molecule has 2 aliphatic rings. The molecule has 1 aromatic carbocycles. The topological polar surface area (TPSA) is 73.1 Å².